The minimum atomic E-state index is -1.84. The average Bonchev–Trinajstić information content (AvgIpc) is 3.18. The van der Waals surface area contributed by atoms with Crippen LogP contribution in [0.3, 0.4) is 0 Å². The van der Waals surface area contributed by atoms with Crippen LogP contribution in [0.25, 0.3) is 0 Å². The Labute approximate surface area is 218 Å². The summed E-state index contributed by atoms with van der Waals surface area (Å²) in [5, 5.41) is 60.9. The predicted molar refractivity (Wildman–Crippen MR) is 129 cm³/mol. The van der Waals surface area contributed by atoms with Crippen molar-refractivity contribution in [3.05, 3.63) is 47.5 Å². The monoisotopic (exact) mass is 536 g/mol. The second kappa shape index (κ2) is 11.3. The van der Waals surface area contributed by atoms with Gasteiger partial charge >= 0.3 is 5.97 Å². The third kappa shape index (κ3) is 5.37. The van der Waals surface area contributed by atoms with E-state index in [1.807, 2.05) is 0 Å². The number of rotatable bonds is 9. The van der Waals surface area contributed by atoms with Crippen LogP contribution in [0.15, 0.2) is 36.4 Å². The largest absolute Gasteiger partial charge is 0.504 e. The molecule has 2 aromatic rings. The minimum Gasteiger partial charge on any atom is -0.504 e. The lowest BCUT2D eigenvalue weighted by molar-refractivity contribution is -0.277. The fourth-order valence-electron chi connectivity index (χ4n) is 4.70. The van der Waals surface area contributed by atoms with Gasteiger partial charge in [0.1, 0.15) is 24.4 Å². The van der Waals surface area contributed by atoms with Crippen molar-refractivity contribution in [1.29, 1.82) is 0 Å². The van der Waals surface area contributed by atoms with Crippen molar-refractivity contribution in [2.45, 2.75) is 49.1 Å². The summed E-state index contributed by atoms with van der Waals surface area (Å²) >= 11 is 0. The van der Waals surface area contributed by atoms with Crippen molar-refractivity contribution < 1.29 is 59.1 Å². The minimum absolute atomic E-state index is 0.00790. The first-order valence-corrected chi connectivity index (χ1v) is 12.0. The number of aliphatic hydroxyl groups excluding tert-OH is 4. The number of carbonyl (C=O) groups is 1. The highest BCUT2D eigenvalue weighted by Crippen LogP contribution is 2.38. The van der Waals surface area contributed by atoms with E-state index in [0.717, 1.165) is 5.56 Å². The van der Waals surface area contributed by atoms with Crippen LogP contribution in [0.5, 0.6) is 23.0 Å². The molecule has 12 heteroatoms. The average molecular weight is 537 g/mol. The second-order valence-electron chi connectivity index (χ2n) is 9.41. The predicted octanol–water partition coefficient (Wildman–Crippen LogP) is -0.723. The van der Waals surface area contributed by atoms with E-state index in [4.69, 9.17) is 23.7 Å². The van der Waals surface area contributed by atoms with Gasteiger partial charge in [0, 0.05) is 12.3 Å². The Kier molecular flexibility index (Phi) is 8.31. The molecule has 2 saturated heterocycles. The summed E-state index contributed by atoms with van der Waals surface area (Å²) in [7, 11) is 2.80. The standard InChI is InChI=1S/C26H32O12/c1-34-18-8-13(3-5-16(18)28)7-15-12-36-25(32)26(15,33)10-14-4-6-17(19(9-14)35-2)37-24-23(31)22(30)21(29)20(11-27)38-24/h3-6,8-9,15,20-24,27-31,33H,7,10-12H2,1-2H3/t15?,20-,21-,22+,23-,24-,26?/m0/s1. The van der Waals surface area contributed by atoms with Crippen LogP contribution in [0.4, 0.5) is 0 Å². The Hall–Kier alpha value is -3.13. The molecule has 208 valence electrons. The number of methoxy groups -OCH3 is 2. The third-order valence-electron chi connectivity index (χ3n) is 6.96. The number of ether oxygens (including phenoxy) is 5. The fraction of sp³-hybridized carbons (Fsp3) is 0.500. The fourth-order valence-corrected chi connectivity index (χ4v) is 4.70. The van der Waals surface area contributed by atoms with Crippen LogP contribution in [0, 0.1) is 5.92 Å². The number of carbonyl (C=O) groups excluding carboxylic acids is 1. The van der Waals surface area contributed by atoms with E-state index in [0.29, 0.717) is 5.56 Å². The van der Waals surface area contributed by atoms with Crippen LogP contribution >= 0.6 is 0 Å². The van der Waals surface area contributed by atoms with Gasteiger partial charge in [0.25, 0.3) is 0 Å². The van der Waals surface area contributed by atoms with Crippen molar-refractivity contribution >= 4 is 5.97 Å². The molecule has 0 aromatic heterocycles. The van der Waals surface area contributed by atoms with Crippen molar-refractivity contribution in [3.63, 3.8) is 0 Å². The molecule has 6 N–H and O–H groups in total. The first kappa shape index (κ1) is 27.9. The summed E-state index contributed by atoms with van der Waals surface area (Å²) in [6.07, 6.45) is -7.10. The van der Waals surface area contributed by atoms with Gasteiger partial charge in [-0.25, -0.2) is 4.79 Å². The molecule has 2 aromatic carbocycles. The molecular formula is C26H32O12. The SMILES string of the molecule is COc1cc(CC2COC(=O)C2(O)Cc2ccc(O[C@H]3O[C@@H](CO)[C@H](O)[C@@H](O)[C@@H]3O)c(OC)c2)ccc1O. The number of aliphatic hydroxyl groups is 5. The van der Waals surface area contributed by atoms with Gasteiger partial charge in [-0.05, 0) is 41.8 Å². The lowest BCUT2D eigenvalue weighted by Crippen LogP contribution is -2.60. The molecule has 2 aliphatic heterocycles. The summed E-state index contributed by atoms with van der Waals surface area (Å²) in [6, 6.07) is 9.40. The number of phenolic OH excluding ortho intramolecular Hbond substituents is 1. The Morgan fingerprint density at radius 2 is 1.63 bits per heavy atom. The van der Waals surface area contributed by atoms with E-state index in [2.05, 4.69) is 0 Å². The van der Waals surface area contributed by atoms with Crippen molar-refractivity contribution in [1.82, 2.24) is 0 Å². The molecule has 12 nitrogen and oxygen atoms in total. The zero-order valence-corrected chi connectivity index (χ0v) is 20.9. The Bertz CT molecular complexity index is 1140. The lowest BCUT2D eigenvalue weighted by Gasteiger charge is -2.39. The summed E-state index contributed by atoms with van der Waals surface area (Å²) in [4.78, 5) is 12.6. The molecule has 7 atom stereocenters. The number of benzene rings is 2. The molecule has 0 radical (unpaired) electrons. The van der Waals surface area contributed by atoms with Gasteiger partial charge in [0.05, 0.1) is 27.4 Å². The third-order valence-corrected chi connectivity index (χ3v) is 6.96. The highest BCUT2D eigenvalue weighted by molar-refractivity contribution is 5.82. The quantitative estimate of drug-likeness (QED) is 0.221. The first-order valence-electron chi connectivity index (χ1n) is 12.0. The van der Waals surface area contributed by atoms with Crippen molar-refractivity contribution in [2.24, 2.45) is 5.92 Å². The summed E-state index contributed by atoms with van der Waals surface area (Å²) < 4.78 is 26.8. The summed E-state index contributed by atoms with van der Waals surface area (Å²) in [5.74, 6) is -0.780. The number of esters is 1. The first-order chi connectivity index (χ1) is 18.1. The maximum Gasteiger partial charge on any atom is 0.338 e. The summed E-state index contributed by atoms with van der Waals surface area (Å²) in [6.45, 7) is -0.596. The topological polar surface area (TPSA) is 185 Å². The number of aromatic hydroxyl groups is 1. The van der Waals surface area contributed by atoms with Crippen LogP contribution in [0.1, 0.15) is 11.1 Å². The van der Waals surface area contributed by atoms with Gasteiger partial charge in [-0.15, -0.1) is 0 Å². The lowest BCUT2D eigenvalue weighted by atomic mass is 9.81. The van der Waals surface area contributed by atoms with E-state index in [-0.39, 0.29) is 42.4 Å². The number of phenols is 1. The zero-order valence-electron chi connectivity index (χ0n) is 20.9. The number of hydrogen-bond donors (Lipinski definition) is 6. The van der Waals surface area contributed by atoms with E-state index in [1.165, 1.54) is 26.4 Å². The molecule has 0 spiro atoms. The van der Waals surface area contributed by atoms with E-state index < -0.39 is 54.8 Å². The van der Waals surface area contributed by atoms with Gasteiger partial charge in [0.15, 0.2) is 28.6 Å². The second-order valence-corrected chi connectivity index (χ2v) is 9.41. The van der Waals surface area contributed by atoms with Crippen LogP contribution in [-0.2, 0) is 27.1 Å². The Morgan fingerprint density at radius 1 is 0.947 bits per heavy atom. The van der Waals surface area contributed by atoms with E-state index in [9.17, 15) is 35.4 Å². The number of hydrogen-bond acceptors (Lipinski definition) is 12. The van der Waals surface area contributed by atoms with Gasteiger partial charge in [-0.3, -0.25) is 0 Å². The molecule has 38 heavy (non-hydrogen) atoms. The highest BCUT2D eigenvalue weighted by Gasteiger charge is 2.51. The Balaban J connectivity index is 1.52. The molecule has 0 saturated carbocycles. The molecule has 0 amide bonds. The molecule has 2 aliphatic rings. The number of cyclic esters (lactones) is 1. The molecule has 4 rings (SSSR count). The molecule has 2 fully saturated rings. The maximum absolute atomic E-state index is 12.6. The van der Waals surface area contributed by atoms with E-state index >= 15 is 0 Å². The van der Waals surface area contributed by atoms with E-state index in [1.54, 1.807) is 24.3 Å². The summed E-state index contributed by atoms with van der Waals surface area (Å²) in [5.41, 5.74) is -0.574. The maximum atomic E-state index is 12.6. The smallest absolute Gasteiger partial charge is 0.338 e. The van der Waals surface area contributed by atoms with Crippen molar-refractivity contribution in [3.8, 4) is 23.0 Å². The van der Waals surface area contributed by atoms with Crippen LogP contribution in [0.2, 0.25) is 0 Å². The normalized spacial score (nSPS) is 31.1. The van der Waals surface area contributed by atoms with Gasteiger partial charge in [-0.2, -0.15) is 0 Å². The molecule has 2 unspecified atom stereocenters. The van der Waals surface area contributed by atoms with Crippen molar-refractivity contribution in [2.75, 3.05) is 27.4 Å². The molecule has 0 aliphatic carbocycles. The van der Waals surface area contributed by atoms with Gasteiger partial charge in [0.2, 0.25) is 6.29 Å². The van der Waals surface area contributed by atoms with Gasteiger partial charge < -0.3 is 54.3 Å². The molecule has 0 bridgehead atoms. The Morgan fingerprint density at radius 3 is 2.32 bits per heavy atom. The molecule has 2 heterocycles. The van der Waals surface area contributed by atoms with Gasteiger partial charge in [-0.1, -0.05) is 12.1 Å². The highest BCUT2D eigenvalue weighted by atomic mass is 16.7. The van der Waals surface area contributed by atoms with Crippen LogP contribution < -0.4 is 14.2 Å². The zero-order chi connectivity index (χ0) is 27.6. The van der Waals surface area contributed by atoms with Crippen LogP contribution in [-0.4, -0.2) is 100 Å². The molecular weight excluding hydrogens is 504 g/mol.